The van der Waals surface area contributed by atoms with Crippen molar-refractivity contribution in [3.05, 3.63) is 18.1 Å². The SMILES string of the molecule is CC1C2CC(c3cc(OC=O)co3)C(C2)C1C. The summed E-state index contributed by atoms with van der Waals surface area (Å²) < 4.78 is 10.4. The number of carbonyl (C=O) groups excluding carboxylic acids is 1. The fraction of sp³-hybridized carbons (Fsp3) is 0.643. The molecular weight excluding hydrogens is 216 g/mol. The first-order chi connectivity index (χ1) is 8.20. The lowest BCUT2D eigenvalue weighted by atomic mass is 9.75. The molecule has 0 spiro atoms. The zero-order valence-corrected chi connectivity index (χ0v) is 10.3. The Morgan fingerprint density at radius 1 is 1.35 bits per heavy atom. The van der Waals surface area contributed by atoms with Gasteiger partial charge in [-0.05, 0) is 36.5 Å². The smallest absolute Gasteiger partial charge is 0.298 e. The van der Waals surface area contributed by atoms with Crippen LogP contribution in [0.5, 0.6) is 5.75 Å². The maximum Gasteiger partial charge on any atom is 0.298 e. The molecule has 3 heteroatoms. The van der Waals surface area contributed by atoms with Gasteiger partial charge in [-0.25, -0.2) is 0 Å². The summed E-state index contributed by atoms with van der Waals surface area (Å²) in [6.45, 7) is 5.17. The van der Waals surface area contributed by atoms with Gasteiger partial charge >= 0.3 is 0 Å². The van der Waals surface area contributed by atoms with E-state index in [2.05, 4.69) is 13.8 Å². The highest BCUT2D eigenvalue weighted by Gasteiger charge is 2.50. The lowest BCUT2D eigenvalue weighted by molar-refractivity contribution is -0.120. The second-order valence-corrected chi connectivity index (χ2v) is 5.62. The van der Waals surface area contributed by atoms with Gasteiger partial charge in [0.25, 0.3) is 6.47 Å². The maximum absolute atomic E-state index is 10.3. The van der Waals surface area contributed by atoms with Crippen molar-refractivity contribution in [1.29, 1.82) is 0 Å². The maximum atomic E-state index is 10.3. The number of furan rings is 1. The van der Waals surface area contributed by atoms with Gasteiger partial charge in [0.05, 0.1) is 0 Å². The van der Waals surface area contributed by atoms with E-state index >= 15 is 0 Å². The summed E-state index contributed by atoms with van der Waals surface area (Å²) in [5.41, 5.74) is 0. The number of hydrogen-bond donors (Lipinski definition) is 0. The Labute approximate surface area is 101 Å². The third kappa shape index (κ3) is 1.60. The van der Waals surface area contributed by atoms with Gasteiger partial charge in [-0.15, -0.1) is 0 Å². The van der Waals surface area contributed by atoms with Crippen LogP contribution in [0.2, 0.25) is 0 Å². The van der Waals surface area contributed by atoms with Crippen molar-refractivity contribution in [2.75, 3.05) is 0 Å². The predicted molar refractivity (Wildman–Crippen MR) is 62.7 cm³/mol. The monoisotopic (exact) mass is 234 g/mol. The molecule has 3 nitrogen and oxygen atoms in total. The third-order valence-corrected chi connectivity index (χ3v) is 5.04. The van der Waals surface area contributed by atoms with Gasteiger partial charge in [0.2, 0.25) is 0 Å². The molecule has 5 unspecified atom stereocenters. The van der Waals surface area contributed by atoms with E-state index in [1.54, 1.807) is 0 Å². The van der Waals surface area contributed by atoms with E-state index < -0.39 is 0 Å². The van der Waals surface area contributed by atoms with Crippen molar-refractivity contribution >= 4 is 6.47 Å². The highest BCUT2D eigenvalue weighted by molar-refractivity contribution is 5.44. The number of fused-ring (bicyclic) bond motifs is 2. The number of hydrogen-bond acceptors (Lipinski definition) is 3. The Balaban J connectivity index is 1.79. The van der Waals surface area contributed by atoms with Crippen LogP contribution in [-0.2, 0) is 4.79 Å². The second-order valence-electron chi connectivity index (χ2n) is 5.62. The summed E-state index contributed by atoms with van der Waals surface area (Å²) in [6.07, 6.45) is 4.09. The van der Waals surface area contributed by atoms with Gasteiger partial charge in [-0.1, -0.05) is 13.8 Å². The fourth-order valence-corrected chi connectivity index (χ4v) is 3.91. The second kappa shape index (κ2) is 3.90. The molecule has 0 aromatic carbocycles. The summed E-state index contributed by atoms with van der Waals surface area (Å²) in [5.74, 6) is 5.25. The molecule has 2 aliphatic rings. The highest BCUT2D eigenvalue weighted by Crippen LogP contribution is 2.58. The molecule has 1 aromatic heterocycles. The van der Waals surface area contributed by atoms with Gasteiger partial charge in [0, 0.05) is 12.0 Å². The van der Waals surface area contributed by atoms with Gasteiger partial charge in [0.15, 0.2) is 5.75 Å². The van der Waals surface area contributed by atoms with Gasteiger partial charge in [-0.3, -0.25) is 4.79 Å². The largest absolute Gasteiger partial charge is 0.465 e. The molecule has 1 heterocycles. The van der Waals surface area contributed by atoms with E-state index in [4.69, 9.17) is 9.15 Å². The molecule has 0 aliphatic heterocycles. The molecule has 0 N–H and O–H groups in total. The van der Waals surface area contributed by atoms with Crippen molar-refractivity contribution in [3.8, 4) is 5.75 Å². The van der Waals surface area contributed by atoms with Gasteiger partial charge in [-0.2, -0.15) is 0 Å². The Morgan fingerprint density at radius 2 is 2.18 bits per heavy atom. The van der Waals surface area contributed by atoms with E-state index in [1.165, 1.54) is 19.1 Å². The normalized spacial score (nSPS) is 39.5. The number of ether oxygens (including phenoxy) is 1. The Kier molecular flexibility index (Phi) is 2.49. The molecule has 0 radical (unpaired) electrons. The molecule has 0 amide bonds. The predicted octanol–water partition coefficient (Wildman–Crippen LogP) is 3.21. The number of carbonyl (C=O) groups is 1. The van der Waals surface area contributed by atoms with Crippen molar-refractivity contribution in [2.45, 2.75) is 32.6 Å². The molecule has 2 saturated carbocycles. The first-order valence-electron chi connectivity index (χ1n) is 6.39. The lowest BCUT2D eigenvalue weighted by Gasteiger charge is -2.30. The first-order valence-corrected chi connectivity index (χ1v) is 6.39. The van der Waals surface area contributed by atoms with Crippen LogP contribution in [0.4, 0.5) is 0 Å². The Morgan fingerprint density at radius 3 is 2.82 bits per heavy atom. The van der Waals surface area contributed by atoms with Crippen LogP contribution in [0.3, 0.4) is 0 Å². The van der Waals surface area contributed by atoms with Gasteiger partial charge in [0.1, 0.15) is 12.0 Å². The minimum Gasteiger partial charge on any atom is -0.465 e. The van der Waals surface area contributed by atoms with Crippen LogP contribution in [0.25, 0.3) is 0 Å². The Bertz CT molecular complexity index is 421. The van der Waals surface area contributed by atoms with Crippen molar-refractivity contribution in [3.63, 3.8) is 0 Å². The van der Waals surface area contributed by atoms with Crippen molar-refractivity contribution in [2.24, 2.45) is 23.7 Å². The van der Waals surface area contributed by atoms with E-state index in [1.807, 2.05) is 6.07 Å². The van der Waals surface area contributed by atoms with E-state index in [0.717, 1.165) is 29.4 Å². The molecule has 2 aliphatic carbocycles. The molecule has 17 heavy (non-hydrogen) atoms. The Hall–Kier alpha value is -1.25. The summed E-state index contributed by atoms with van der Waals surface area (Å²) >= 11 is 0. The number of rotatable bonds is 3. The average molecular weight is 234 g/mol. The molecular formula is C14H18O3. The topological polar surface area (TPSA) is 39.4 Å². The first kappa shape index (κ1) is 10.9. The van der Waals surface area contributed by atoms with Crippen LogP contribution in [-0.4, -0.2) is 6.47 Å². The zero-order valence-electron chi connectivity index (χ0n) is 10.3. The minimum absolute atomic E-state index is 0.445. The van der Waals surface area contributed by atoms with Gasteiger partial charge < -0.3 is 9.15 Å². The quantitative estimate of drug-likeness (QED) is 0.754. The average Bonchev–Trinajstić information content (AvgIpc) is 2.97. The molecule has 92 valence electrons. The van der Waals surface area contributed by atoms with Crippen LogP contribution in [0.15, 0.2) is 16.7 Å². The molecule has 1 aromatic rings. The molecule has 3 rings (SSSR count). The summed E-state index contributed by atoms with van der Waals surface area (Å²) in [4.78, 5) is 10.3. The summed E-state index contributed by atoms with van der Waals surface area (Å²) in [5, 5.41) is 0. The summed E-state index contributed by atoms with van der Waals surface area (Å²) in [6, 6.07) is 1.87. The van der Waals surface area contributed by atoms with Crippen LogP contribution >= 0.6 is 0 Å². The van der Waals surface area contributed by atoms with E-state index in [-0.39, 0.29) is 0 Å². The van der Waals surface area contributed by atoms with Crippen LogP contribution in [0, 0.1) is 23.7 Å². The minimum atomic E-state index is 0.445. The third-order valence-electron chi connectivity index (χ3n) is 5.04. The van der Waals surface area contributed by atoms with Crippen LogP contribution in [0.1, 0.15) is 38.4 Å². The molecule has 2 bridgehead atoms. The van der Waals surface area contributed by atoms with E-state index in [9.17, 15) is 4.79 Å². The fourth-order valence-electron chi connectivity index (χ4n) is 3.91. The lowest BCUT2D eigenvalue weighted by Crippen LogP contribution is -2.22. The molecule has 2 fully saturated rings. The highest BCUT2D eigenvalue weighted by atomic mass is 16.5. The van der Waals surface area contributed by atoms with E-state index in [0.29, 0.717) is 18.1 Å². The molecule has 5 atom stereocenters. The molecule has 0 saturated heterocycles. The standard InChI is InChI=1S/C14H18O3/c1-8-9(2)12-3-10(8)4-13(12)14-5-11(6-16-14)17-7-15/h5-10,12-13H,3-4H2,1-2H3. The van der Waals surface area contributed by atoms with Crippen molar-refractivity contribution in [1.82, 2.24) is 0 Å². The zero-order chi connectivity index (χ0) is 12.0. The van der Waals surface area contributed by atoms with Crippen molar-refractivity contribution < 1.29 is 13.9 Å². The summed E-state index contributed by atoms with van der Waals surface area (Å²) in [7, 11) is 0. The van der Waals surface area contributed by atoms with Crippen LogP contribution < -0.4 is 4.74 Å².